The Kier molecular flexibility index (Phi) is 6.50. The van der Waals surface area contributed by atoms with E-state index in [1.165, 1.54) is 0 Å². The monoisotopic (exact) mass is 530 g/mol. The van der Waals surface area contributed by atoms with Crippen molar-refractivity contribution >= 4 is 32.8 Å². The van der Waals surface area contributed by atoms with E-state index < -0.39 is 16.0 Å². The Morgan fingerprint density at radius 3 is 2.42 bits per heavy atom. The van der Waals surface area contributed by atoms with Gasteiger partial charge >= 0.3 is 5.97 Å². The van der Waals surface area contributed by atoms with E-state index in [2.05, 4.69) is 14.9 Å². The summed E-state index contributed by atoms with van der Waals surface area (Å²) in [7, 11) is -3.94. The summed E-state index contributed by atoms with van der Waals surface area (Å²) in [4.78, 5) is 16.6. The molecular weight excluding hydrogens is 504 g/mol. The summed E-state index contributed by atoms with van der Waals surface area (Å²) in [6.07, 6.45) is 0.647. The number of carbonyl (C=O) groups is 1. The van der Waals surface area contributed by atoms with Gasteiger partial charge in [-0.1, -0.05) is 60.6 Å². The predicted octanol–water partition coefficient (Wildman–Crippen LogP) is 5.42. The standard InChI is InChI=1S/C28H26N4O5S/c1-4-25-29-23-10-7-9-22(28(33)34)26(23)32(25)16-19-12-14-20(15-13-19)21-8-5-6-11-24(21)38(35,36)31-27-17(2)18(3)37-30-27/h5-15H,4,16H2,1-3H3,(H,30,31)(H,33,34). The maximum atomic E-state index is 13.3. The minimum atomic E-state index is -3.94. The fourth-order valence-electron chi connectivity index (χ4n) is 4.45. The van der Waals surface area contributed by atoms with Crippen LogP contribution in [0.25, 0.3) is 22.2 Å². The molecule has 10 heteroatoms. The summed E-state index contributed by atoms with van der Waals surface area (Å²) >= 11 is 0. The summed E-state index contributed by atoms with van der Waals surface area (Å²) < 4.78 is 36.1. The van der Waals surface area contributed by atoms with Gasteiger partial charge < -0.3 is 14.2 Å². The van der Waals surface area contributed by atoms with E-state index in [4.69, 9.17) is 4.52 Å². The predicted molar refractivity (Wildman–Crippen MR) is 144 cm³/mol. The molecule has 38 heavy (non-hydrogen) atoms. The molecule has 5 aromatic rings. The quantitative estimate of drug-likeness (QED) is 0.274. The van der Waals surface area contributed by atoms with Crippen LogP contribution < -0.4 is 4.72 Å². The van der Waals surface area contributed by atoms with Crippen LogP contribution in [-0.2, 0) is 23.0 Å². The molecule has 0 fully saturated rings. The molecule has 0 radical (unpaired) electrons. The van der Waals surface area contributed by atoms with Gasteiger partial charge in [0.05, 0.1) is 21.5 Å². The Morgan fingerprint density at radius 1 is 1.03 bits per heavy atom. The van der Waals surface area contributed by atoms with E-state index in [-0.39, 0.29) is 16.3 Å². The molecule has 0 aliphatic heterocycles. The van der Waals surface area contributed by atoms with E-state index in [0.29, 0.717) is 40.9 Å². The van der Waals surface area contributed by atoms with Crippen LogP contribution in [0.1, 0.15) is 40.0 Å². The highest BCUT2D eigenvalue weighted by atomic mass is 32.2. The first-order valence-corrected chi connectivity index (χ1v) is 13.5. The van der Waals surface area contributed by atoms with Gasteiger partial charge in [0.15, 0.2) is 5.82 Å². The van der Waals surface area contributed by atoms with Crippen LogP contribution in [0.3, 0.4) is 0 Å². The summed E-state index contributed by atoms with van der Waals surface area (Å²) in [6, 6.07) is 19.4. The first-order valence-electron chi connectivity index (χ1n) is 12.0. The number of benzene rings is 3. The third kappa shape index (κ3) is 4.54. The number of anilines is 1. The smallest absolute Gasteiger partial charge is 0.337 e. The number of carboxylic acids is 1. The van der Waals surface area contributed by atoms with Crippen molar-refractivity contribution in [3.63, 3.8) is 0 Å². The van der Waals surface area contributed by atoms with Crippen LogP contribution in [-0.4, -0.2) is 34.2 Å². The first kappa shape index (κ1) is 25.2. The molecule has 0 aliphatic rings. The number of carboxylic acid groups (broad SMARTS) is 1. The van der Waals surface area contributed by atoms with Gasteiger partial charge in [-0.25, -0.2) is 18.2 Å². The molecule has 2 heterocycles. The lowest BCUT2D eigenvalue weighted by atomic mass is 10.0. The van der Waals surface area contributed by atoms with Crippen LogP contribution in [0.15, 0.2) is 76.1 Å². The molecule has 2 N–H and O–H groups in total. The van der Waals surface area contributed by atoms with Crippen molar-refractivity contribution in [2.45, 2.75) is 38.6 Å². The van der Waals surface area contributed by atoms with Crippen molar-refractivity contribution in [1.82, 2.24) is 14.7 Å². The maximum absolute atomic E-state index is 13.3. The van der Waals surface area contributed by atoms with E-state index in [1.54, 1.807) is 50.2 Å². The van der Waals surface area contributed by atoms with Gasteiger partial charge in [-0.3, -0.25) is 4.72 Å². The summed E-state index contributed by atoms with van der Waals surface area (Å²) in [5.41, 5.74) is 4.25. The Morgan fingerprint density at radius 2 is 1.76 bits per heavy atom. The summed E-state index contributed by atoms with van der Waals surface area (Å²) in [5.74, 6) is 0.488. The Labute approximate surface area is 219 Å². The molecule has 194 valence electrons. The normalized spacial score (nSPS) is 11.7. The molecule has 0 aliphatic carbocycles. The topological polar surface area (TPSA) is 127 Å². The number of nitrogens with one attached hydrogen (secondary N) is 1. The van der Waals surface area contributed by atoms with Gasteiger partial charge in [0.1, 0.15) is 11.6 Å². The lowest BCUT2D eigenvalue weighted by Crippen LogP contribution is -2.15. The number of nitrogens with zero attached hydrogens (tertiary/aromatic N) is 3. The SMILES string of the molecule is CCc1nc2cccc(C(=O)O)c2n1Cc1ccc(-c2ccccc2S(=O)(=O)Nc2noc(C)c2C)cc1. The molecule has 0 unspecified atom stereocenters. The van der Waals surface area contributed by atoms with Crippen LogP contribution in [0.5, 0.6) is 0 Å². The van der Waals surface area contributed by atoms with Crippen molar-refractivity contribution in [3.8, 4) is 11.1 Å². The number of hydrogen-bond acceptors (Lipinski definition) is 6. The minimum Gasteiger partial charge on any atom is -0.478 e. The number of fused-ring (bicyclic) bond motifs is 1. The van der Waals surface area contributed by atoms with Crippen LogP contribution in [0.4, 0.5) is 5.82 Å². The molecule has 0 amide bonds. The van der Waals surface area contributed by atoms with E-state index >= 15 is 0 Å². The molecule has 2 aromatic heterocycles. The fourth-order valence-corrected chi connectivity index (χ4v) is 5.74. The molecular formula is C28H26N4O5S. The number of aryl methyl sites for hydroxylation is 2. The van der Waals surface area contributed by atoms with Gasteiger partial charge in [0, 0.05) is 24.1 Å². The lowest BCUT2D eigenvalue weighted by Gasteiger charge is -2.13. The molecule has 0 spiro atoms. The Hall–Kier alpha value is -4.44. The first-order chi connectivity index (χ1) is 18.2. The number of sulfonamides is 1. The van der Waals surface area contributed by atoms with Crippen molar-refractivity contribution < 1.29 is 22.8 Å². The molecule has 0 saturated heterocycles. The number of aromatic carboxylic acids is 1. The lowest BCUT2D eigenvalue weighted by molar-refractivity contribution is 0.0698. The number of rotatable bonds is 8. The number of imidazole rings is 1. The number of aromatic nitrogens is 3. The number of hydrogen-bond donors (Lipinski definition) is 2. The Bertz CT molecular complexity index is 1770. The molecule has 0 atom stereocenters. The van der Waals surface area contributed by atoms with Gasteiger partial charge in [0.2, 0.25) is 0 Å². The molecule has 3 aromatic carbocycles. The average Bonchev–Trinajstić information content (AvgIpc) is 3.43. The van der Waals surface area contributed by atoms with Crippen molar-refractivity contribution in [1.29, 1.82) is 0 Å². The van der Waals surface area contributed by atoms with E-state index in [0.717, 1.165) is 17.0 Å². The highest BCUT2D eigenvalue weighted by Crippen LogP contribution is 2.30. The zero-order chi connectivity index (χ0) is 27.0. The molecule has 5 rings (SSSR count). The Balaban J connectivity index is 1.48. The van der Waals surface area contributed by atoms with Crippen LogP contribution in [0, 0.1) is 13.8 Å². The van der Waals surface area contributed by atoms with Gasteiger partial charge in [0.25, 0.3) is 10.0 Å². The molecule has 0 bridgehead atoms. The van der Waals surface area contributed by atoms with Crippen molar-refractivity contribution in [3.05, 3.63) is 95.0 Å². The van der Waals surface area contributed by atoms with Gasteiger partial charge in [-0.2, -0.15) is 0 Å². The zero-order valence-corrected chi connectivity index (χ0v) is 21.9. The highest BCUT2D eigenvalue weighted by Gasteiger charge is 2.23. The van der Waals surface area contributed by atoms with Crippen LogP contribution in [0.2, 0.25) is 0 Å². The van der Waals surface area contributed by atoms with Crippen molar-refractivity contribution in [2.24, 2.45) is 0 Å². The third-order valence-electron chi connectivity index (χ3n) is 6.56. The second-order valence-corrected chi connectivity index (χ2v) is 10.6. The molecule has 0 saturated carbocycles. The number of para-hydroxylation sites is 1. The summed E-state index contributed by atoms with van der Waals surface area (Å²) in [6.45, 7) is 5.86. The third-order valence-corrected chi connectivity index (χ3v) is 7.96. The summed E-state index contributed by atoms with van der Waals surface area (Å²) in [5, 5.41) is 13.5. The van der Waals surface area contributed by atoms with Gasteiger partial charge in [-0.05, 0) is 43.2 Å². The maximum Gasteiger partial charge on any atom is 0.337 e. The highest BCUT2D eigenvalue weighted by molar-refractivity contribution is 7.92. The van der Waals surface area contributed by atoms with E-state index in [9.17, 15) is 18.3 Å². The van der Waals surface area contributed by atoms with Crippen molar-refractivity contribution in [2.75, 3.05) is 4.72 Å². The van der Waals surface area contributed by atoms with Crippen LogP contribution >= 0.6 is 0 Å². The molecule has 9 nitrogen and oxygen atoms in total. The fraction of sp³-hybridized carbons (Fsp3) is 0.179. The largest absolute Gasteiger partial charge is 0.478 e. The average molecular weight is 531 g/mol. The minimum absolute atomic E-state index is 0.118. The second kappa shape index (κ2) is 9.79. The second-order valence-electron chi connectivity index (χ2n) is 8.96. The van der Waals surface area contributed by atoms with Gasteiger partial charge in [-0.15, -0.1) is 0 Å². The zero-order valence-electron chi connectivity index (χ0n) is 21.1. The van der Waals surface area contributed by atoms with E-state index in [1.807, 2.05) is 41.8 Å².